The highest BCUT2D eigenvalue weighted by Crippen LogP contribution is 2.19. The van der Waals surface area contributed by atoms with Crippen molar-refractivity contribution >= 4 is 27.5 Å². The molecule has 2 atom stereocenters. The minimum atomic E-state index is -3.67. The molecule has 2 rings (SSSR count). The molecule has 4 N–H and O–H groups in total. The van der Waals surface area contributed by atoms with Gasteiger partial charge in [0.15, 0.2) is 0 Å². The third kappa shape index (κ3) is 5.54. The zero-order valence-corrected chi connectivity index (χ0v) is 15.9. The van der Waals surface area contributed by atoms with Crippen LogP contribution in [0.3, 0.4) is 0 Å². The lowest BCUT2D eigenvalue weighted by molar-refractivity contribution is -0.125. The van der Waals surface area contributed by atoms with E-state index in [1.807, 2.05) is 30.3 Å². The fourth-order valence-electron chi connectivity index (χ4n) is 2.38. The molecule has 0 fully saturated rings. The number of sulfonamides is 1. The zero-order chi connectivity index (χ0) is 19.2. The first-order valence-electron chi connectivity index (χ1n) is 8.15. The summed E-state index contributed by atoms with van der Waals surface area (Å²) in [5.41, 5.74) is 6.99. The molecule has 0 saturated heterocycles. The van der Waals surface area contributed by atoms with Gasteiger partial charge in [-0.15, -0.1) is 0 Å². The van der Waals surface area contributed by atoms with E-state index in [0.29, 0.717) is 5.02 Å². The highest BCUT2D eigenvalue weighted by atomic mass is 35.5. The van der Waals surface area contributed by atoms with Crippen molar-refractivity contribution < 1.29 is 13.2 Å². The molecule has 6 nitrogen and oxygen atoms in total. The number of amides is 1. The molecule has 0 aromatic heterocycles. The maximum absolute atomic E-state index is 12.2. The van der Waals surface area contributed by atoms with Crippen LogP contribution in [0, 0.1) is 5.92 Å². The minimum absolute atomic E-state index is 0.0634. The van der Waals surface area contributed by atoms with Crippen LogP contribution in [-0.4, -0.2) is 27.4 Å². The second kappa shape index (κ2) is 9.14. The first kappa shape index (κ1) is 20.4. The van der Waals surface area contributed by atoms with Gasteiger partial charge in [0.2, 0.25) is 15.9 Å². The molecule has 26 heavy (non-hydrogen) atoms. The van der Waals surface area contributed by atoms with Gasteiger partial charge in [-0.2, -0.15) is 0 Å². The van der Waals surface area contributed by atoms with Gasteiger partial charge in [0.1, 0.15) is 0 Å². The molecule has 0 bridgehead atoms. The number of halogens is 1. The van der Waals surface area contributed by atoms with Gasteiger partial charge in [0.25, 0.3) is 0 Å². The van der Waals surface area contributed by atoms with E-state index in [1.165, 1.54) is 12.1 Å². The monoisotopic (exact) mass is 395 g/mol. The van der Waals surface area contributed by atoms with Crippen LogP contribution in [0.25, 0.3) is 0 Å². The minimum Gasteiger partial charge on any atom is -0.354 e. The highest BCUT2D eigenvalue weighted by molar-refractivity contribution is 7.89. The maximum Gasteiger partial charge on any atom is 0.240 e. The average molecular weight is 396 g/mol. The molecule has 0 heterocycles. The summed E-state index contributed by atoms with van der Waals surface area (Å²) in [6.07, 6.45) is 0. The number of nitrogens with two attached hydrogens (primary N) is 1. The molecule has 1 amide bonds. The van der Waals surface area contributed by atoms with Crippen molar-refractivity contribution in [2.45, 2.75) is 17.9 Å². The van der Waals surface area contributed by atoms with Gasteiger partial charge in [-0.05, 0) is 23.8 Å². The lowest BCUT2D eigenvalue weighted by Gasteiger charge is -2.20. The summed E-state index contributed by atoms with van der Waals surface area (Å²) in [5, 5.41) is 3.03. The Balaban J connectivity index is 1.83. The van der Waals surface area contributed by atoms with Crippen LogP contribution in [0.2, 0.25) is 5.02 Å². The number of rotatable bonds is 8. The molecule has 0 aliphatic rings. The third-order valence-corrected chi connectivity index (χ3v) is 5.65. The van der Waals surface area contributed by atoms with Crippen molar-refractivity contribution in [3.8, 4) is 0 Å². The normalized spacial score (nSPS) is 13.8. The fraction of sp³-hybridized carbons (Fsp3) is 0.278. The number of benzene rings is 2. The van der Waals surface area contributed by atoms with Crippen LogP contribution in [0.4, 0.5) is 0 Å². The zero-order valence-electron chi connectivity index (χ0n) is 14.4. The predicted molar refractivity (Wildman–Crippen MR) is 102 cm³/mol. The lowest BCUT2D eigenvalue weighted by atomic mass is 9.95. The number of hydrogen-bond donors (Lipinski definition) is 3. The van der Waals surface area contributed by atoms with E-state index < -0.39 is 22.0 Å². The van der Waals surface area contributed by atoms with Crippen molar-refractivity contribution in [1.82, 2.24) is 10.0 Å². The van der Waals surface area contributed by atoms with Gasteiger partial charge in [-0.3, -0.25) is 4.79 Å². The molecule has 8 heteroatoms. The van der Waals surface area contributed by atoms with Gasteiger partial charge in [0.05, 0.1) is 10.8 Å². The quantitative estimate of drug-likeness (QED) is 0.595. The van der Waals surface area contributed by atoms with Crippen LogP contribution < -0.4 is 15.8 Å². The van der Waals surface area contributed by atoms with Crippen LogP contribution in [0.15, 0.2) is 59.5 Å². The molecule has 140 valence electrons. The molecule has 0 aliphatic carbocycles. The van der Waals surface area contributed by atoms with Gasteiger partial charge < -0.3 is 11.1 Å². The summed E-state index contributed by atoms with van der Waals surface area (Å²) in [7, 11) is -3.67. The van der Waals surface area contributed by atoms with E-state index in [1.54, 1.807) is 19.1 Å². The number of carbonyl (C=O) groups excluding carboxylic acids is 1. The molecule has 2 aromatic carbocycles. The number of carbonyl (C=O) groups is 1. The maximum atomic E-state index is 12.2. The second-order valence-electron chi connectivity index (χ2n) is 5.87. The largest absolute Gasteiger partial charge is 0.354 e. The molecule has 0 aliphatic heterocycles. The Kier molecular flexibility index (Phi) is 7.16. The highest BCUT2D eigenvalue weighted by Gasteiger charge is 2.22. The molecule has 0 saturated carbocycles. The number of nitrogens with one attached hydrogen (secondary N) is 2. The fourth-order valence-corrected chi connectivity index (χ4v) is 3.71. The van der Waals surface area contributed by atoms with E-state index in [4.69, 9.17) is 17.3 Å². The molecule has 2 aromatic rings. The van der Waals surface area contributed by atoms with Crippen LogP contribution in [-0.2, 0) is 14.8 Å². The smallest absolute Gasteiger partial charge is 0.240 e. The first-order chi connectivity index (χ1) is 12.3. The third-order valence-electron chi connectivity index (χ3n) is 3.96. The van der Waals surface area contributed by atoms with Gasteiger partial charge in [-0.1, -0.05) is 54.9 Å². The lowest BCUT2D eigenvalue weighted by Crippen LogP contribution is -2.39. The predicted octanol–water partition coefficient (Wildman–Crippen LogP) is 2.07. The van der Waals surface area contributed by atoms with E-state index in [-0.39, 0.29) is 23.9 Å². The Morgan fingerprint density at radius 2 is 1.81 bits per heavy atom. The summed E-state index contributed by atoms with van der Waals surface area (Å²) in [6.45, 7) is 1.96. The SMILES string of the molecule is CC(C(=O)NCCNS(=O)(=O)c1cccc(Cl)c1)C(N)c1ccccc1. The Morgan fingerprint density at radius 3 is 2.46 bits per heavy atom. The average Bonchev–Trinajstić information content (AvgIpc) is 2.64. The van der Waals surface area contributed by atoms with Gasteiger partial charge in [-0.25, -0.2) is 13.1 Å². The van der Waals surface area contributed by atoms with Gasteiger partial charge in [0, 0.05) is 24.2 Å². The Morgan fingerprint density at radius 1 is 1.12 bits per heavy atom. The first-order valence-corrected chi connectivity index (χ1v) is 10.0. The van der Waals surface area contributed by atoms with Crippen molar-refractivity contribution in [2.24, 2.45) is 11.7 Å². The van der Waals surface area contributed by atoms with Crippen molar-refractivity contribution in [2.75, 3.05) is 13.1 Å². The summed E-state index contributed by atoms with van der Waals surface area (Å²) < 4.78 is 26.7. The van der Waals surface area contributed by atoms with Crippen molar-refractivity contribution in [3.63, 3.8) is 0 Å². The summed E-state index contributed by atoms with van der Waals surface area (Å²) >= 11 is 5.81. The summed E-state index contributed by atoms with van der Waals surface area (Å²) in [5.74, 6) is -0.676. The summed E-state index contributed by atoms with van der Waals surface area (Å²) in [6, 6.07) is 14.9. The van der Waals surface area contributed by atoms with Crippen LogP contribution in [0.5, 0.6) is 0 Å². The molecule has 0 radical (unpaired) electrons. The molecular formula is C18H22ClN3O3S. The van der Waals surface area contributed by atoms with Crippen molar-refractivity contribution in [1.29, 1.82) is 0 Å². The second-order valence-corrected chi connectivity index (χ2v) is 8.07. The Hall–Kier alpha value is -1.93. The van der Waals surface area contributed by atoms with Crippen LogP contribution in [0.1, 0.15) is 18.5 Å². The topological polar surface area (TPSA) is 101 Å². The Labute approximate surface area is 158 Å². The molecule has 2 unspecified atom stereocenters. The van der Waals surface area contributed by atoms with E-state index in [2.05, 4.69) is 10.0 Å². The van der Waals surface area contributed by atoms with Crippen LogP contribution >= 0.6 is 11.6 Å². The van der Waals surface area contributed by atoms with Gasteiger partial charge >= 0.3 is 0 Å². The number of hydrogen-bond acceptors (Lipinski definition) is 4. The Bertz CT molecular complexity index is 844. The standard InChI is InChI=1S/C18H22ClN3O3S/c1-13(17(20)14-6-3-2-4-7-14)18(23)21-10-11-22-26(24,25)16-9-5-8-15(19)12-16/h2-9,12-13,17,22H,10-11,20H2,1H3,(H,21,23). The molecule has 0 spiro atoms. The summed E-state index contributed by atoms with van der Waals surface area (Å²) in [4.78, 5) is 12.3. The van der Waals surface area contributed by atoms with E-state index in [0.717, 1.165) is 5.56 Å². The van der Waals surface area contributed by atoms with Crippen molar-refractivity contribution in [3.05, 3.63) is 65.2 Å². The van der Waals surface area contributed by atoms with E-state index >= 15 is 0 Å². The van der Waals surface area contributed by atoms with E-state index in [9.17, 15) is 13.2 Å². The molecular weight excluding hydrogens is 374 g/mol.